The minimum absolute atomic E-state index is 0.204. The molecule has 0 heterocycles. The second-order valence-electron chi connectivity index (χ2n) is 5.38. The van der Waals surface area contributed by atoms with E-state index in [1.165, 1.54) is 19.3 Å². The summed E-state index contributed by atoms with van der Waals surface area (Å²) in [6, 6.07) is 8.16. The Kier molecular flexibility index (Phi) is 6.20. The first kappa shape index (κ1) is 15.7. The third-order valence-corrected chi connectivity index (χ3v) is 4.52. The van der Waals surface area contributed by atoms with Crippen LogP contribution in [0.4, 0.5) is 0 Å². The molecule has 2 rings (SSSR count). The standard InChI is InChI=1S/C16H22BrNO2/c17-14-8-6-13(7-9-14)16(20)5-2-10-18(11-12-19)15-3-1-4-15/h6-9,15,19H,1-5,10-12H2. The van der Waals surface area contributed by atoms with Crippen molar-refractivity contribution in [3.8, 4) is 0 Å². The Morgan fingerprint density at radius 2 is 1.95 bits per heavy atom. The highest BCUT2D eigenvalue weighted by Crippen LogP contribution is 2.24. The Hall–Kier alpha value is -0.710. The molecule has 0 unspecified atom stereocenters. The summed E-state index contributed by atoms with van der Waals surface area (Å²) in [5.74, 6) is 0.204. The van der Waals surface area contributed by atoms with Gasteiger partial charge in [-0.3, -0.25) is 9.69 Å². The van der Waals surface area contributed by atoms with Crippen molar-refractivity contribution in [1.29, 1.82) is 0 Å². The van der Waals surface area contributed by atoms with Crippen LogP contribution < -0.4 is 0 Å². The van der Waals surface area contributed by atoms with Gasteiger partial charge < -0.3 is 5.11 Å². The topological polar surface area (TPSA) is 40.5 Å². The van der Waals surface area contributed by atoms with Crippen molar-refractivity contribution >= 4 is 21.7 Å². The number of nitrogens with zero attached hydrogens (tertiary/aromatic N) is 1. The zero-order valence-corrected chi connectivity index (χ0v) is 13.3. The van der Waals surface area contributed by atoms with Gasteiger partial charge in [0.25, 0.3) is 0 Å². The zero-order valence-electron chi connectivity index (χ0n) is 11.7. The van der Waals surface area contributed by atoms with Crippen LogP contribution in [0, 0.1) is 0 Å². The molecule has 0 bridgehead atoms. The number of halogens is 1. The summed E-state index contributed by atoms with van der Waals surface area (Å²) in [5.41, 5.74) is 0.783. The summed E-state index contributed by atoms with van der Waals surface area (Å²) in [4.78, 5) is 14.4. The number of Topliss-reactive ketones (excluding diaryl/α,β-unsaturated/α-hetero) is 1. The molecule has 1 aliphatic carbocycles. The van der Waals surface area contributed by atoms with Crippen molar-refractivity contribution in [2.45, 2.75) is 38.1 Å². The molecule has 0 spiro atoms. The normalized spacial score (nSPS) is 15.3. The minimum atomic E-state index is 0.204. The molecule has 0 atom stereocenters. The van der Waals surface area contributed by atoms with Crippen LogP contribution in [0.25, 0.3) is 0 Å². The van der Waals surface area contributed by atoms with Gasteiger partial charge in [0.15, 0.2) is 5.78 Å². The van der Waals surface area contributed by atoms with E-state index in [4.69, 9.17) is 5.11 Å². The highest BCUT2D eigenvalue weighted by atomic mass is 79.9. The predicted molar refractivity (Wildman–Crippen MR) is 84.0 cm³/mol. The smallest absolute Gasteiger partial charge is 0.162 e. The van der Waals surface area contributed by atoms with Crippen LogP contribution in [0.2, 0.25) is 0 Å². The molecular formula is C16H22BrNO2. The van der Waals surface area contributed by atoms with E-state index in [2.05, 4.69) is 20.8 Å². The lowest BCUT2D eigenvalue weighted by molar-refractivity contribution is 0.0904. The summed E-state index contributed by atoms with van der Waals surface area (Å²) >= 11 is 3.37. The van der Waals surface area contributed by atoms with Crippen LogP contribution in [0.15, 0.2) is 28.7 Å². The van der Waals surface area contributed by atoms with Gasteiger partial charge in [-0.05, 0) is 37.9 Å². The largest absolute Gasteiger partial charge is 0.395 e. The van der Waals surface area contributed by atoms with Gasteiger partial charge in [-0.1, -0.05) is 34.5 Å². The van der Waals surface area contributed by atoms with E-state index in [0.717, 1.165) is 29.5 Å². The molecule has 1 aromatic carbocycles. The molecule has 110 valence electrons. The highest BCUT2D eigenvalue weighted by Gasteiger charge is 2.24. The average Bonchev–Trinajstić information content (AvgIpc) is 2.37. The van der Waals surface area contributed by atoms with Crippen molar-refractivity contribution in [1.82, 2.24) is 4.90 Å². The van der Waals surface area contributed by atoms with Crippen molar-refractivity contribution < 1.29 is 9.90 Å². The molecule has 4 heteroatoms. The number of rotatable bonds is 8. The number of hydrogen-bond acceptors (Lipinski definition) is 3. The average molecular weight is 340 g/mol. The minimum Gasteiger partial charge on any atom is -0.395 e. The maximum absolute atomic E-state index is 12.1. The van der Waals surface area contributed by atoms with Crippen molar-refractivity contribution in [3.05, 3.63) is 34.3 Å². The number of aliphatic hydroxyl groups is 1. The number of carbonyl (C=O) groups is 1. The van der Waals surface area contributed by atoms with Crippen LogP contribution in [0.3, 0.4) is 0 Å². The van der Waals surface area contributed by atoms with Crippen molar-refractivity contribution in [3.63, 3.8) is 0 Å². The first-order valence-electron chi connectivity index (χ1n) is 7.34. The number of hydrogen-bond donors (Lipinski definition) is 1. The van der Waals surface area contributed by atoms with Gasteiger partial charge in [0.05, 0.1) is 6.61 Å². The van der Waals surface area contributed by atoms with E-state index in [9.17, 15) is 4.79 Å². The first-order valence-corrected chi connectivity index (χ1v) is 8.13. The van der Waals surface area contributed by atoms with Crippen LogP contribution >= 0.6 is 15.9 Å². The van der Waals surface area contributed by atoms with E-state index in [1.807, 2.05) is 24.3 Å². The maximum atomic E-state index is 12.1. The summed E-state index contributed by atoms with van der Waals surface area (Å²) < 4.78 is 0.994. The Labute approximate surface area is 129 Å². The summed E-state index contributed by atoms with van der Waals surface area (Å²) in [6.45, 7) is 1.85. The summed E-state index contributed by atoms with van der Waals surface area (Å²) in [5, 5.41) is 9.10. The highest BCUT2D eigenvalue weighted by molar-refractivity contribution is 9.10. The third-order valence-electron chi connectivity index (χ3n) is 3.99. The Balaban J connectivity index is 1.76. The molecule has 3 nitrogen and oxygen atoms in total. The van der Waals surface area contributed by atoms with E-state index in [-0.39, 0.29) is 12.4 Å². The molecule has 0 aromatic heterocycles. The van der Waals surface area contributed by atoms with Gasteiger partial charge in [0.2, 0.25) is 0 Å². The first-order chi connectivity index (χ1) is 9.70. The molecule has 1 aliphatic rings. The molecule has 0 aliphatic heterocycles. The SMILES string of the molecule is O=C(CCCN(CCO)C1CCC1)c1ccc(Br)cc1. The van der Waals surface area contributed by atoms with Crippen LogP contribution in [0.1, 0.15) is 42.5 Å². The zero-order chi connectivity index (χ0) is 14.4. The number of carbonyl (C=O) groups excluding carboxylic acids is 1. The Morgan fingerprint density at radius 3 is 2.50 bits per heavy atom. The second-order valence-corrected chi connectivity index (χ2v) is 6.29. The van der Waals surface area contributed by atoms with E-state index in [0.29, 0.717) is 12.5 Å². The Bertz CT molecular complexity index is 429. The van der Waals surface area contributed by atoms with Crippen LogP contribution in [0.5, 0.6) is 0 Å². The summed E-state index contributed by atoms with van der Waals surface area (Å²) in [7, 11) is 0. The van der Waals surface area contributed by atoms with Gasteiger partial charge >= 0.3 is 0 Å². The van der Waals surface area contributed by atoms with E-state index < -0.39 is 0 Å². The quantitative estimate of drug-likeness (QED) is 0.739. The molecular weight excluding hydrogens is 318 g/mol. The van der Waals surface area contributed by atoms with Gasteiger partial charge in [0.1, 0.15) is 0 Å². The lowest BCUT2D eigenvalue weighted by Gasteiger charge is -2.37. The fourth-order valence-electron chi connectivity index (χ4n) is 2.58. The van der Waals surface area contributed by atoms with Gasteiger partial charge in [-0.15, -0.1) is 0 Å². The van der Waals surface area contributed by atoms with Crippen molar-refractivity contribution in [2.24, 2.45) is 0 Å². The number of ketones is 1. The lowest BCUT2D eigenvalue weighted by Crippen LogP contribution is -2.42. The van der Waals surface area contributed by atoms with Crippen LogP contribution in [-0.2, 0) is 0 Å². The second kappa shape index (κ2) is 7.91. The monoisotopic (exact) mass is 339 g/mol. The molecule has 0 saturated heterocycles. The number of benzene rings is 1. The molecule has 1 saturated carbocycles. The molecule has 20 heavy (non-hydrogen) atoms. The molecule has 0 amide bonds. The predicted octanol–water partition coefficient (Wildman–Crippen LogP) is 3.26. The fraction of sp³-hybridized carbons (Fsp3) is 0.562. The molecule has 0 radical (unpaired) electrons. The fourth-order valence-corrected chi connectivity index (χ4v) is 2.84. The van der Waals surface area contributed by atoms with Crippen molar-refractivity contribution in [2.75, 3.05) is 19.7 Å². The third kappa shape index (κ3) is 4.40. The summed E-state index contributed by atoms with van der Waals surface area (Å²) in [6.07, 6.45) is 5.22. The van der Waals surface area contributed by atoms with Gasteiger partial charge in [0, 0.05) is 29.0 Å². The van der Waals surface area contributed by atoms with Crippen LogP contribution in [-0.4, -0.2) is 41.5 Å². The molecule has 1 N–H and O–H groups in total. The Morgan fingerprint density at radius 1 is 1.25 bits per heavy atom. The molecule has 1 aromatic rings. The number of aliphatic hydroxyl groups excluding tert-OH is 1. The van der Waals surface area contributed by atoms with Gasteiger partial charge in [-0.2, -0.15) is 0 Å². The van der Waals surface area contributed by atoms with E-state index in [1.54, 1.807) is 0 Å². The molecule has 1 fully saturated rings. The van der Waals surface area contributed by atoms with E-state index >= 15 is 0 Å². The lowest BCUT2D eigenvalue weighted by atomic mass is 9.91. The van der Waals surface area contributed by atoms with Gasteiger partial charge in [-0.25, -0.2) is 0 Å². The maximum Gasteiger partial charge on any atom is 0.162 e.